The van der Waals surface area contributed by atoms with Gasteiger partial charge in [-0.05, 0) is 44.9 Å². The van der Waals surface area contributed by atoms with E-state index in [1.807, 2.05) is 70.2 Å². The van der Waals surface area contributed by atoms with Crippen molar-refractivity contribution in [1.82, 2.24) is 10.2 Å². The Balaban J connectivity index is 1.95. The number of carbonyl (C=O) groups is 2. The van der Waals surface area contributed by atoms with E-state index >= 15 is 0 Å². The topological polar surface area (TPSA) is 49.4 Å². The van der Waals surface area contributed by atoms with Gasteiger partial charge in [0, 0.05) is 17.6 Å². The van der Waals surface area contributed by atoms with E-state index in [9.17, 15) is 9.59 Å². The molecule has 3 rings (SSSR count). The van der Waals surface area contributed by atoms with Crippen LogP contribution in [0.4, 0.5) is 0 Å². The van der Waals surface area contributed by atoms with Crippen molar-refractivity contribution in [3.8, 4) is 0 Å². The normalized spacial score (nSPS) is 16.7. The van der Waals surface area contributed by atoms with E-state index in [2.05, 4.69) is 5.32 Å². The third-order valence-corrected chi connectivity index (χ3v) is 4.28. The zero-order valence-electron chi connectivity index (χ0n) is 15.2. The zero-order valence-corrected chi connectivity index (χ0v) is 15.2. The summed E-state index contributed by atoms with van der Waals surface area (Å²) in [6.45, 7) is 8.27. The zero-order chi connectivity index (χ0) is 18.2. The summed E-state index contributed by atoms with van der Waals surface area (Å²) in [7, 11) is 0. The fourth-order valence-electron chi connectivity index (χ4n) is 3.14. The molecule has 1 unspecified atom stereocenters. The molecule has 2 aromatic rings. The van der Waals surface area contributed by atoms with E-state index < -0.39 is 6.04 Å². The Morgan fingerprint density at radius 3 is 2.36 bits per heavy atom. The molecule has 4 nitrogen and oxygen atoms in total. The molecule has 1 heterocycles. The Hall–Kier alpha value is -2.62. The van der Waals surface area contributed by atoms with Crippen molar-refractivity contribution in [3.05, 3.63) is 70.8 Å². The Morgan fingerprint density at radius 1 is 1.08 bits per heavy atom. The maximum absolute atomic E-state index is 12.9. The molecule has 1 aliphatic rings. The number of hydrogen-bond donors (Lipinski definition) is 1. The van der Waals surface area contributed by atoms with Crippen molar-refractivity contribution in [2.75, 3.05) is 0 Å². The Bertz CT molecular complexity index is 803. The molecule has 1 N–H and O–H groups in total. The smallest absolute Gasteiger partial charge is 0.255 e. The Morgan fingerprint density at radius 2 is 1.72 bits per heavy atom. The summed E-state index contributed by atoms with van der Waals surface area (Å²) in [4.78, 5) is 27.5. The van der Waals surface area contributed by atoms with Crippen LogP contribution in [0.2, 0.25) is 0 Å². The highest BCUT2D eigenvalue weighted by Crippen LogP contribution is 2.35. The lowest BCUT2D eigenvalue weighted by atomic mass is 10.0. The highest BCUT2D eigenvalue weighted by molar-refractivity contribution is 6.04. The van der Waals surface area contributed by atoms with Crippen LogP contribution in [-0.2, 0) is 11.3 Å². The number of fused-ring (bicyclic) bond motifs is 1. The first kappa shape index (κ1) is 17.2. The van der Waals surface area contributed by atoms with Crippen molar-refractivity contribution < 1.29 is 9.59 Å². The van der Waals surface area contributed by atoms with Gasteiger partial charge in [-0.25, -0.2) is 0 Å². The number of nitrogens with one attached hydrogen (secondary N) is 1. The van der Waals surface area contributed by atoms with Gasteiger partial charge in [0.25, 0.3) is 5.91 Å². The van der Waals surface area contributed by atoms with Gasteiger partial charge in [0.1, 0.15) is 6.04 Å². The monoisotopic (exact) mass is 336 g/mol. The molecule has 1 aliphatic heterocycles. The van der Waals surface area contributed by atoms with E-state index in [4.69, 9.17) is 0 Å². The molecule has 0 saturated heterocycles. The molecule has 0 spiro atoms. The molecular weight excluding hydrogens is 312 g/mol. The van der Waals surface area contributed by atoms with Crippen molar-refractivity contribution in [1.29, 1.82) is 0 Å². The van der Waals surface area contributed by atoms with Gasteiger partial charge in [-0.2, -0.15) is 0 Å². The van der Waals surface area contributed by atoms with Crippen molar-refractivity contribution >= 4 is 11.8 Å². The lowest BCUT2D eigenvalue weighted by Gasteiger charge is -2.29. The quantitative estimate of drug-likeness (QED) is 0.931. The molecule has 0 radical (unpaired) electrons. The summed E-state index contributed by atoms with van der Waals surface area (Å²) >= 11 is 0. The molecule has 0 fully saturated rings. The standard InChI is InChI=1S/C21H24N2O2/c1-14-9-11-15(12-10-14)13-23-18(19(24)22-21(2,3)4)16-7-5-6-8-17(16)20(23)25/h5-12,18H,13H2,1-4H3,(H,22,24). The number of aryl methyl sites for hydroxylation is 1. The van der Waals surface area contributed by atoms with Crippen LogP contribution in [-0.4, -0.2) is 22.3 Å². The maximum Gasteiger partial charge on any atom is 0.255 e. The number of hydrogen-bond acceptors (Lipinski definition) is 2. The molecule has 0 saturated carbocycles. The first-order chi connectivity index (χ1) is 11.8. The second-order valence-electron chi connectivity index (χ2n) is 7.65. The minimum atomic E-state index is -0.593. The second-order valence-corrected chi connectivity index (χ2v) is 7.65. The molecule has 4 heteroatoms. The average molecular weight is 336 g/mol. The minimum Gasteiger partial charge on any atom is -0.349 e. The summed E-state index contributed by atoms with van der Waals surface area (Å²) in [5.74, 6) is -0.233. The van der Waals surface area contributed by atoms with Gasteiger partial charge in [0.2, 0.25) is 5.91 Å². The summed E-state index contributed by atoms with van der Waals surface area (Å²) < 4.78 is 0. The number of benzene rings is 2. The summed E-state index contributed by atoms with van der Waals surface area (Å²) in [5, 5.41) is 3.01. The number of amides is 2. The highest BCUT2D eigenvalue weighted by atomic mass is 16.2. The largest absolute Gasteiger partial charge is 0.349 e. The van der Waals surface area contributed by atoms with E-state index in [1.165, 1.54) is 5.56 Å². The minimum absolute atomic E-state index is 0.0924. The van der Waals surface area contributed by atoms with Gasteiger partial charge >= 0.3 is 0 Å². The molecule has 0 aromatic heterocycles. The SMILES string of the molecule is Cc1ccc(CN2C(=O)c3ccccc3C2C(=O)NC(C)(C)C)cc1. The van der Waals surface area contributed by atoms with Crippen LogP contribution in [0.25, 0.3) is 0 Å². The van der Waals surface area contributed by atoms with Crippen molar-refractivity contribution in [2.45, 2.75) is 45.8 Å². The van der Waals surface area contributed by atoms with Crippen molar-refractivity contribution in [2.24, 2.45) is 0 Å². The second kappa shape index (κ2) is 6.36. The third kappa shape index (κ3) is 3.58. The molecule has 2 aromatic carbocycles. The number of nitrogens with zero attached hydrogens (tertiary/aromatic N) is 1. The first-order valence-corrected chi connectivity index (χ1v) is 8.54. The average Bonchev–Trinajstić information content (AvgIpc) is 2.81. The fraction of sp³-hybridized carbons (Fsp3) is 0.333. The van der Waals surface area contributed by atoms with E-state index in [-0.39, 0.29) is 17.4 Å². The predicted octanol–water partition coefficient (Wildman–Crippen LogP) is 3.61. The lowest BCUT2D eigenvalue weighted by Crippen LogP contribution is -2.46. The Kier molecular flexibility index (Phi) is 4.38. The van der Waals surface area contributed by atoms with Crippen LogP contribution in [0.1, 0.15) is 53.9 Å². The van der Waals surface area contributed by atoms with E-state index in [0.717, 1.165) is 11.1 Å². The lowest BCUT2D eigenvalue weighted by molar-refractivity contribution is -0.127. The van der Waals surface area contributed by atoms with Gasteiger partial charge in [-0.15, -0.1) is 0 Å². The predicted molar refractivity (Wildman–Crippen MR) is 98.1 cm³/mol. The summed E-state index contributed by atoms with van der Waals surface area (Å²) in [6.07, 6.45) is 0. The molecule has 1 atom stereocenters. The molecule has 2 amide bonds. The molecule has 0 aliphatic carbocycles. The first-order valence-electron chi connectivity index (χ1n) is 8.54. The molecular formula is C21H24N2O2. The van der Waals surface area contributed by atoms with E-state index in [1.54, 1.807) is 11.0 Å². The van der Waals surface area contributed by atoms with Gasteiger partial charge < -0.3 is 10.2 Å². The highest BCUT2D eigenvalue weighted by Gasteiger charge is 2.41. The van der Waals surface area contributed by atoms with Crippen LogP contribution in [0.3, 0.4) is 0 Å². The van der Waals surface area contributed by atoms with Gasteiger partial charge in [-0.1, -0.05) is 48.0 Å². The fourth-order valence-corrected chi connectivity index (χ4v) is 3.14. The summed E-state index contributed by atoms with van der Waals surface area (Å²) in [6, 6.07) is 14.8. The van der Waals surface area contributed by atoms with Crippen LogP contribution in [0, 0.1) is 6.92 Å². The van der Waals surface area contributed by atoms with Crippen LogP contribution >= 0.6 is 0 Å². The molecule has 0 bridgehead atoms. The van der Waals surface area contributed by atoms with Gasteiger partial charge in [-0.3, -0.25) is 9.59 Å². The molecule has 25 heavy (non-hydrogen) atoms. The Labute approximate surface area is 148 Å². The van der Waals surface area contributed by atoms with Gasteiger partial charge in [0.05, 0.1) is 0 Å². The van der Waals surface area contributed by atoms with Crippen molar-refractivity contribution in [3.63, 3.8) is 0 Å². The van der Waals surface area contributed by atoms with Crippen LogP contribution in [0.15, 0.2) is 48.5 Å². The maximum atomic E-state index is 12.9. The number of rotatable bonds is 3. The van der Waals surface area contributed by atoms with E-state index in [0.29, 0.717) is 12.1 Å². The van der Waals surface area contributed by atoms with Crippen LogP contribution < -0.4 is 5.32 Å². The van der Waals surface area contributed by atoms with Crippen LogP contribution in [0.5, 0.6) is 0 Å². The third-order valence-electron chi connectivity index (χ3n) is 4.28. The number of carbonyl (C=O) groups excluding carboxylic acids is 2. The summed E-state index contributed by atoms with van der Waals surface area (Å²) in [5.41, 5.74) is 3.22. The van der Waals surface area contributed by atoms with Gasteiger partial charge in [0.15, 0.2) is 0 Å². The molecule has 130 valence electrons.